The first-order chi connectivity index (χ1) is 10.0. The van der Waals surface area contributed by atoms with Gasteiger partial charge in [-0.2, -0.15) is 0 Å². The second-order valence-electron chi connectivity index (χ2n) is 3.97. The summed E-state index contributed by atoms with van der Waals surface area (Å²) in [5.74, 6) is 0. The van der Waals surface area contributed by atoms with Gasteiger partial charge >= 0.3 is 0 Å². The number of methoxy groups -OCH3 is 1. The Kier molecular flexibility index (Phi) is 10.0. The zero-order valence-electron chi connectivity index (χ0n) is 11.9. The van der Waals surface area contributed by atoms with Gasteiger partial charge in [-0.3, -0.25) is 19.7 Å². The first-order valence-electron chi connectivity index (χ1n) is 5.98. The molecule has 8 heteroatoms. The van der Waals surface area contributed by atoms with Crippen LogP contribution in [0.3, 0.4) is 0 Å². The van der Waals surface area contributed by atoms with E-state index in [1.807, 2.05) is 0 Å². The molecule has 1 aromatic carbocycles. The van der Waals surface area contributed by atoms with Crippen molar-refractivity contribution in [1.82, 2.24) is 4.90 Å². The molecule has 0 saturated carbocycles. The van der Waals surface area contributed by atoms with Crippen LogP contribution in [0.25, 0.3) is 0 Å². The fraction of sp³-hybridized carbons (Fsp3) is 0.385. The molecule has 1 aromatic rings. The fourth-order valence-corrected chi connectivity index (χ4v) is 0.944. The van der Waals surface area contributed by atoms with Gasteiger partial charge in [-0.25, -0.2) is 0 Å². The molecule has 8 nitrogen and oxygen atoms in total. The van der Waals surface area contributed by atoms with Crippen molar-refractivity contribution in [3.05, 3.63) is 39.9 Å². The molecule has 21 heavy (non-hydrogen) atoms. The van der Waals surface area contributed by atoms with Gasteiger partial charge in [-0.15, -0.1) is 0 Å². The number of nitrogens with zero attached hydrogens (tertiary/aromatic N) is 2. The van der Waals surface area contributed by atoms with Crippen LogP contribution >= 0.6 is 0 Å². The van der Waals surface area contributed by atoms with Gasteiger partial charge in [-0.1, -0.05) is 0 Å². The molecule has 1 heterocycles. The highest BCUT2D eigenvalue weighted by molar-refractivity contribution is 5.38. The van der Waals surface area contributed by atoms with Gasteiger partial charge in [0.25, 0.3) is 18.6 Å². The number of ether oxygens (including phenoxy) is 2. The van der Waals surface area contributed by atoms with Gasteiger partial charge in [0.05, 0.1) is 12.0 Å². The molecule has 0 unspecified atom stereocenters. The van der Waals surface area contributed by atoms with Crippen LogP contribution in [0.5, 0.6) is 0 Å². The first kappa shape index (κ1) is 18.5. The van der Waals surface area contributed by atoms with E-state index in [-0.39, 0.29) is 12.3 Å². The van der Waals surface area contributed by atoms with Gasteiger partial charge in [-0.05, 0) is 24.7 Å². The highest BCUT2D eigenvalue weighted by Gasteiger charge is 2.07. The van der Waals surface area contributed by atoms with Gasteiger partial charge < -0.3 is 14.4 Å². The number of rotatable bonds is 5. The van der Waals surface area contributed by atoms with E-state index in [0.717, 1.165) is 5.56 Å². The van der Waals surface area contributed by atoms with E-state index in [0.29, 0.717) is 12.9 Å². The zero-order valence-corrected chi connectivity index (χ0v) is 11.9. The Balaban J connectivity index is 0.000000407. The largest absolute Gasteiger partial charge is 0.471 e. The highest BCUT2D eigenvalue weighted by atomic mass is 16.6. The van der Waals surface area contributed by atoms with Crippen LogP contribution in [0.4, 0.5) is 5.69 Å². The van der Waals surface area contributed by atoms with Gasteiger partial charge in [0, 0.05) is 25.2 Å². The van der Waals surface area contributed by atoms with Crippen LogP contribution < -0.4 is 0 Å². The molecule has 0 atom stereocenters. The third-order valence-electron chi connectivity index (χ3n) is 2.23. The molecule has 0 radical (unpaired) electrons. The Morgan fingerprint density at radius 1 is 1.24 bits per heavy atom. The summed E-state index contributed by atoms with van der Waals surface area (Å²) in [6, 6.07) is 5.82. The van der Waals surface area contributed by atoms with E-state index in [9.17, 15) is 14.9 Å². The standard InChI is InChI=1S/C8H7NO4.C3H7N.C2H4O2/c10-6-13-5-7-1-3-8(4-2-7)9(11)12;1-4-2-3-4;1-4-2-3/h1-4,6H,5H2;2-3H2,1H3;2H,1H3. The molecule has 0 aromatic heterocycles. The summed E-state index contributed by atoms with van der Waals surface area (Å²) in [4.78, 5) is 30.8. The van der Waals surface area contributed by atoms with Crippen LogP contribution in [0.1, 0.15) is 5.56 Å². The van der Waals surface area contributed by atoms with Gasteiger partial charge in [0.2, 0.25) is 0 Å². The van der Waals surface area contributed by atoms with Gasteiger partial charge in [0.15, 0.2) is 0 Å². The summed E-state index contributed by atoms with van der Waals surface area (Å²) in [5.41, 5.74) is 0.743. The van der Waals surface area contributed by atoms with E-state index < -0.39 is 4.92 Å². The van der Waals surface area contributed by atoms with Crippen molar-refractivity contribution in [1.29, 1.82) is 0 Å². The molecule has 0 amide bonds. The minimum atomic E-state index is -0.482. The lowest BCUT2D eigenvalue weighted by molar-refractivity contribution is -0.384. The van der Waals surface area contributed by atoms with E-state index >= 15 is 0 Å². The topological polar surface area (TPSA) is 98.8 Å². The summed E-state index contributed by atoms with van der Waals surface area (Å²) >= 11 is 0. The minimum absolute atomic E-state index is 0.0230. The van der Waals surface area contributed by atoms with Crippen molar-refractivity contribution >= 4 is 18.6 Å². The lowest BCUT2D eigenvalue weighted by Gasteiger charge is -1.97. The average Bonchev–Trinajstić information content (AvgIpc) is 3.28. The van der Waals surface area contributed by atoms with Crippen LogP contribution in [-0.2, 0) is 25.7 Å². The van der Waals surface area contributed by atoms with Crippen LogP contribution in [0.2, 0.25) is 0 Å². The second kappa shape index (κ2) is 11.4. The Labute approximate surface area is 122 Å². The number of non-ortho nitro benzene ring substituents is 1. The second-order valence-corrected chi connectivity index (χ2v) is 3.97. The number of nitro groups is 1. The molecule has 1 saturated heterocycles. The van der Waals surface area contributed by atoms with Crippen LogP contribution in [0.15, 0.2) is 24.3 Å². The van der Waals surface area contributed by atoms with Crippen molar-refractivity contribution in [3.8, 4) is 0 Å². The molecular weight excluding hydrogens is 280 g/mol. The number of nitro benzene ring substituents is 1. The summed E-state index contributed by atoms with van der Waals surface area (Å²) in [6.45, 7) is 3.49. The van der Waals surface area contributed by atoms with Crippen molar-refractivity contribution in [3.63, 3.8) is 0 Å². The summed E-state index contributed by atoms with van der Waals surface area (Å²) in [5, 5.41) is 10.2. The molecule has 0 bridgehead atoms. The Morgan fingerprint density at radius 3 is 2.00 bits per heavy atom. The SMILES string of the molecule is CN1CC1.COC=O.O=COCc1ccc([N+](=O)[O-])cc1. The fourth-order valence-electron chi connectivity index (χ4n) is 0.944. The number of hydrogen-bond donors (Lipinski definition) is 0. The smallest absolute Gasteiger partial charge is 0.293 e. The lowest BCUT2D eigenvalue weighted by atomic mass is 10.2. The van der Waals surface area contributed by atoms with Crippen molar-refractivity contribution in [2.75, 3.05) is 27.2 Å². The Hall–Kier alpha value is -2.48. The first-order valence-corrected chi connectivity index (χ1v) is 5.98. The maximum Gasteiger partial charge on any atom is 0.293 e. The van der Waals surface area contributed by atoms with E-state index in [1.54, 1.807) is 12.1 Å². The van der Waals surface area contributed by atoms with Crippen molar-refractivity contribution in [2.24, 2.45) is 0 Å². The predicted molar refractivity (Wildman–Crippen MR) is 74.5 cm³/mol. The molecule has 1 fully saturated rings. The summed E-state index contributed by atoms with van der Waals surface area (Å²) in [7, 11) is 3.42. The molecular formula is C13H18N2O6. The number of carbonyl (C=O) groups is 2. The van der Waals surface area contributed by atoms with E-state index in [4.69, 9.17) is 4.79 Å². The molecule has 1 aliphatic rings. The third kappa shape index (κ3) is 11.1. The predicted octanol–water partition coefficient (Wildman–Crippen LogP) is 0.989. The third-order valence-corrected chi connectivity index (χ3v) is 2.23. The monoisotopic (exact) mass is 298 g/mol. The molecule has 116 valence electrons. The highest BCUT2D eigenvalue weighted by Crippen LogP contribution is 2.11. The summed E-state index contributed by atoms with van der Waals surface area (Å²) < 4.78 is 8.33. The van der Waals surface area contributed by atoms with Crippen molar-refractivity contribution < 1.29 is 24.0 Å². The minimum Gasteiger partial charge on any atom is -0.471 e. The Bertz CT molecular complexity index is 431. The number of carbonyl (C=O) groups excluding carboxylic acids is 2. The van der Waals surface area contributed by atoms with E-state index in [2.05, 4.69) is 21.4 Å². The molecule has 0 N–H and O–H groups in total. The quantitative estimate of drug-likeness (QED) is 0.346. The Morgan fingerprint density at radius 2 is 1.71 bits per heavy atom. The molecule has 2 rings (SSSR count). The lowest BCUT2D eigenvalue weighted by Crippen LogP contribution is -1.91. The molecule has 1 aliphatic heterocycles. The number of benzene rings is 1. The zero-order chi connectivity index (χ0) is 16.1. The average molecular weight is 298 g/mol. The van der Waals surface area contributed by atoms with Gasteiger partial charge in [0.1, 0.15) is 6.61 Å². The van der Waals surface area contributed by atoms with Crippen molar-refractivity contribution in [2.45, 2.75) is 6.61 Å². The normalized spacial score (nSPS) is 11.7. The maximum atomic E-state index is 10.2. The van der Waals surface area contributed by atoms with E-state index in [1.165, 1.54) is 32.3 Å². The van der Waals surface area contributed by atoms with Crippen LogP contribution in [-0.4, -0.2) is 50.0 Å². The number of hydrogen-bond acceptors (Lipinski definition) is 7. The maximum absolute atomic E-state index is 10.2. The number of likely N-dealkylation sites (N-methyl/N-ethyl adjacent to an activating group) is 1. The molecule has 0 aliphatic carbocycles. The van der Waals surface area contributed by atoms with Crippen LogP contribution in [0, 0.1) is 10.1 Å². The summed E-state index contributed by atoms with van der Waals surface area (Å²) in [6.07, 6.45) is 0. The molecule has 0 spiro atoms.